The molecule has 0 aliphatic heterocycles. The van der Waals surface area contributed by atoms with E-state index in [-0.39, 0.29) is 0 Å². The van der Waals surface area contributed by atoms with Gasteiger partial charge in [-0.1, -0.05) is 12.1 Å². The van der Waals surface area contributed by atoms with Crippen molar-refractivity contribution in [1.29, 1.82) is 0 Å². The van der Waals surface area contributed by atoms with Gasteiger partial charge in [0, 0.05) is 6.20 Å². The molecular weight excluding hydrogens is 200 g/mol. The molecule has 16 heavy (non-hydrogen) atoms. The van der Waals surface area contributed by atoms with Crippen LogP contribution in [0.25, 0.3) is 11.0 Å². The molecular formula is C12H10N4. The van der Waals surface area contributed by atoms with E-state index in [0.717, 1.165) is 22.7 Å². The monoisotopic (exact) mass is 210 g/mol. The number of imidazole rings is 1. The van der Waals surface area contributed by atoms with Crippen LogP contribution in [0.1, 0.15) is 0 Å². The fourth-order valence-corrected chi connectivity index (χ4v) is 1.59. The quantitative estimate of drug-likeness (QED) is 0.683. The molecule has 2 aromatic heterocycles. The first-order valence-electron chi connectivity index (χ1n) is 5.03. The van der Waals surface area contributed by atoms with Crippen LogP contribution < -0.4 is 5.32 Å². The average Bonchev–Trinajstić information content (AvgIpc) is 2.72. The predicted octanol–water partition coefficient (Wildman–Crippen LogP) is 2.70. The molecule has 0 unspecified atom stereocenters. The van der Waals surface area contributed by atoms with Gasteiger partial charge in [0.1, 0.15) is 0 Å². The molecule has 2 N–H and O–H groups in total. The Morgan fingerprint density at radius 2 is 2.00 bits per heavy atom. The summed E-state index contributed by atoms with van der Waals surface area (Å²) in [5, 5.41) is 3.16. The van der Waals surface area contributed by atoms with Gasteiger partial charge in [-0.05, 0) is 24.3 Å². The van der Waals surface area contributed by atoms with E-state index in [4.69, 9.17) is 0 Å². The van der Waals surface area contributed by atoms with Gasteiger partial charge in [0.25, 0.3) is 0 Å². The summed E-state index contributed by atoms with van der Waals surface area (Å²) in [6.07, 6.45) is 3.50. The highest BCUT2D eigenvalue weighted by molar-refractivity contribution is 5.78. The molecule has 0 aliphatic rings. The second-order valence-electron chi connectivity index (χ2n) is 3.47. The van der Waals surface area contributed by atoms with Crippen LogP contribution in [0.2, 0.25) is 0 Å². The Bertz CT molecular complexity index is 567. The molecule has 4 heteroatoms. The van der Waals surface area contributed by atoms with Crippen molar-refractivity contribution in [3.05, 3.63) is 48.8 Å². The first-order valence-corrected chi connectivity index (χ1v) is 5.03. The zero-order valence-electron chi connectivity index (χ0n) is 8.51. The summed E-state index contributed by atoms with van der Waals surface area (Å²) in [7, 11) is 0. The summed E-state index contributed by atoms with van der Waals surface area (Å²) >= 11 is 0. The van der Waals surface area contributed by atoms with Crippen LogP contribution in [-0.2, 0) is 0 Å². The summed E-state index contributed by atoms with van der Waals surface area (Å²) in [6.45, 7) is 0. The van der Waals surface area contributed by atoms with Gasteiger partial charge in [-0.25, -0.2) is 4.98 Å². The van der Waals surface area contributed by atoms with Crippen LogP contribution in [0, 0.1) is 0 Å². The highest BCUT2D eigenvalue weighted by Gasteiger charge is 2.01. The number of aromatic nitrogens is 3. The van der Waals surface area contributed by atoms with Gasteiger partial charge in [-0.3, -0.25) is 4.98 Å². The van der Waals surface area contributed by atoms with E-state index in [1.165, 1.54) is 0 Å². The van der Waals surface area contributed by atoms with Gasteiger partial charge in [0.15, 0.2) is 0 Å². The third-order valence-electron chi connectivity index (χ3n) is 2.31. The van der Waals surface area contributed by atoms with Crippen LogP contribution in [0.4, 0.5) is 11.6 Å². The molecule has 0 atom stereocenters. The van der Waals surface area contributed by atoms with Gasteiger partial charge < -0.3 is 10.3 Å². The summed E-state index contributed by atoms with van der Waals surface area (Å²) in [4.78, 5) is 11.6. The number of benzene rings is 1. The maximum Gasteiger partial charge on any atom is 0.205 e. The number of H-pyrrole nitrogens is 1. The normalized spacial score (nSPS) is 10.5. The minimum absolute atomic E-state index is 0.731. The molecule has 3 rings (SSSR count). The number of para-hydroxylation sites is 2. The highest BCUT2D eigenvalue weighted by Crippen LogP contribution is 2.16. The van der Waals surface area contributed by atoms with Gasteiger partial charge in [0.2, 0.25) is 5.95 Å². The summed E-state index contributed by atoms with van der Waals surface area (Å²) in [6, 6.07) is 11.7. The van der Waals surface area contributed by atoms with Crippen molar-refractivity contribution in [2.45, 2.75) is 0 Å². The number of nitrogens with zero attached hydrogens (tertiary/aromatic N) is 2. The second-order valence-corrected chi connectivity index (χ2v) is 3.47. The van der Waals surface area contributed by atoms with Crippen molar-refractivity contribution in [2.24, 2.45) is 0 Å². The number of hydrogen-bond donors (Lipinski definition) is 2. The zero-order chi connectivity index (χ0) is 10.8. The molecule has 0 saturated carbocycles. The Labute approximate surface area is 92.4 Å². The van der Waals surface area contributed by atoms with Crippen LogP contribution >= 0.6 is 0 Å². The van der Waals surface area contributed by atoms with Gasteiger partial charge in [0.05, 0.1) is 22.9 Å². The van der Waals surface area contributed by atoms with Gasteiger partial charge in [-0.2, -0.15) is 0 Å². The van der Waals surface area contributed by atoms with Crippen LogP contribution in [0.3, 0.4) is 0 Å². The fraction of sp³-hybridized carbons (Fsp3) is 0. The Morgan fingerprint density at radius 1 is 1.06 bits per heavy atom. The standard InChI is InChI=1S/C12H10N4/c1-2-6-11-10(5-1)15-12(16-11)14-9-4-3-7-13-8-9/h1-8H,(H2,14,15,16). The molecule has 0 radical (unpaired) electrons. The van der Waals surface area contributed by atoms with E-state index < -0.39 is 0 Å². The van der Waals surface area contributed by atoms with Gasteiger partial charge in [-0.15, -0.1) is 0 Å². The molecule has 3 aromatic rings. The predicted molar refractivity (Wildman–Crippen MR) is 63.6 cm³/mol. The molecule has 0 fully saturated rings. The third kappa shape index (κ3) is 1.61. The largest absolute Gasteiger partial charge is 0.324 e. The van der Waals surface area contributed by atoms with Crippen molar-refractivity contribution in [2.75, 3.05) is 5.32 Å². The smallest absolute Gasteiger partial charge is 0.205 e. The Balaban J connectivity index is 1.95. The highest BCUT2D eigenvalue weighted by atomic mass is 15.1. The van der Waals surface area contributed by atoms with Crippen molar-refractivity contribution >= 4 is 22.7 Å². The van der Waals surface area contributed by atoms with E-state index in [1.807, 2.05) is 36.4 Å². The number of hydrogen-bond acceptors (Lipinski definition) is 3. The average molecular weight is 210 g/mol. The first kappa shape index (κ1) is 8.91. The number of pyridine rings is 1. The molecule has 1 aromatic carbocycles. The Kier molecular flexibility index (Phi) is 2.04. The third-order valence-corrected chi connectivity index (χ3v) is 2.31. The number of nitrogens with one attached hydrogen (secondary N) is 2. The lowest BCUT2D eigenvalue weighted by Crippen LogP contribution is -1.91. The molecule has 0 spiro atoms. The Hall–Kier alpha value is -2.36. The molecule has 0 saturated heterocycles. The molecule has 4 nitrogen and oxygen atoms in total. The van der Waals surface area contributed by atoms with E-state index >= 15 is 0 Å². The number of fused-ring (bicyclic) bond motifs is 1. The minimum atomic E-state index is 0.731. The van der Waals surface area contributed by atoms with Gasteiger partial charge >= 0.3 is 0 Å². The first-order chi connectivity index (χ1) is 7.92. The molecule has 0 bridgehead atoms. The SMILES string of the molecule is c1cncc(Nc2nc3ccccc3[nH]2)c1. The van der Waals surface area contributed by atoms with E-state index in [1.54, 1.807) is 12.4 Å². The van der Waals surface area contributed by atoms with Crippen molar-refractivity contribution in [3.8, 4) is 0 Å². The second kappa shape index (κ2) is 3.66. The number of rotatable bonds is 2. The lowest BCUT2D eigenvalue weighted by Gasteiger charge is -1.99. The number of anilines is 2. The summed E-state index contributed by atoms with van der Waals surface area (Å²) in [5.74, 6) is 0.731. The maximum absolute atomic E-state index is 4.41. The molecule has 78 valence electrons. The Morgan fingerprint density at radius 3 is 2.81 bits per heavy atom. The van der Waals surface area contributed by atoms with Crippen molar-refractivity contribution in [3.63, 3.8) is 0 Å². The fourth-order valence-electron chi connectivity index (χ4n) is 1.59. The topological polar surface area (TPSA) is 53.6 Å². The lowest BCUT2D eigenvalue weighted by atomic mass is 10.3. The van der Waals surface area contributed by atoms with E-state index in [0.29, 0.717) is 0 Å². The zero-order valence-corrected chi connectivity index (χ0v) is 8.51. The summed E-state index contributed by atoms with van der Waals surface area (Å²) < 4.78 is 0. The molecule has 0 amide bonds. The minimum Gasteiger partial charge on any atom is -0.324 e. The van der Waals surface area contributed by atoms with E-state index in [2.05, 4.69) is 20.3 Å². The maximum atomic E-state index is 4.41. The van der Waals surface area contributed by atoms with Crippen molar-refractivity contribution in [1.82, 2.24) is 15.0 Å². The van der Waals surface area contributed by atoms with Crippen molar-refractivity contribution < 1.29 is 0 Å². The lowest BCUT2D eigenvalue weighted by molar-refractivity contribution is 1.27. The van der Waals surface area contributed by atoms with Crippen LogP contribution in [0.15, 0.2) is 48.8 Å². The summed E-state index contributed by atoms with van der Waals surface area (Å²) in [5.41, 5.74) is 2.89. The number of aromatic amines is 1. The van der Waals surface area contributed by atoms with Crippen LogP contribution in [-0.4, -0.2) is 15.0 Å². The van der Waals surface area contributed by atoms with E-state index in [9.17, 15) is 0 Å². The molecule has 2 heterocycles. The molecule has 0 aliphatic carbocycles. The van der Waals surface area contributed by atoms with Crippen LogP contribution in [0.5, 0.6) is 0 Å².